The van der Waals surface area contributed by atoms with Crippen molar-refractivity contribution in [1.29, 1.82) is 0 Å². The minimum absolute atomic E-state index is 0.202. The lowest BCUT2D eigenvalue weighted by molar-refractivity contribution is 0.122. The van der Waals surface area contributed by atoms with Gasteiger partial charge in [-0.2, -0.15) is 15.0 Å². The van der Waals surface area contributed by atoms with Gasteiger partial charge in [-0.3, -0.25) is 0 Å². The Labute approximate surface area is 123 Å². The molecule has 0 amide bonds. The summed E-state index contributed by atoms with van der Waals surface area (Å²) in [5, 5.41) is 9.34. The van der Waals surface area contributed by atoms with Gasteiger partial charge < -0.3 is 25.4 Å². The van der Waals surface area contributed by atoms with Crippen molar-refractivity contribution in [2.45, 2.75) is 12.8 Å². The molecule has 1 aromatic heterocycles. The highest BCUT2D eigenvalue weighted by Gasteiger charge is 2.23. The van der Waals surface area contributed by atoms with Gasteiger partial charge >= 0.3 is 0 Å². The summed E-state index contributed by atoms with van der Waals surface area (Å²) in [6.45, 7) is 4.75. The topological polar surface area (TPSA) is 101 Å². The Morgan fingerprint density at radius 2 is 1.81 bits per heavy atom. The summed E-state index contributed by atoms with van der Waals surface area (Å²) < 4.78 is 5.34. The first-order valence-electron chi connectivity index (χ1n) is 7.46. The molecule has 3 N–H and O–H groups in total. The summed E-state index contributed by atoms with van der Waals surface area (Å²) in [6.07, 6.45) is 2.08. The van der Waals surface area contributed by atoms with E-state index in [1.807, 2.05) is 0 Å². The van der Waals surface area contributed by atoms with E-state index >= 15 is 0 Å². The molecule has 2 aliphatic rings. The number of hydrogen-bond acceptors (Lipinski definition) is 8. The molecule has 8 heteroatoms. The zero-order valence-corrected chi connectivity index (χ0v) is 12.1. The predicted molar refractivity (Wildman–Crippen MR) is 79.3 cm³/mol. The molecule has 2 fully saturated rings. The van der Waals surface area contributed by atoms with Crippen LogP contribution in [0.2, 0.25) is 0 Å². The zero-order chi connectivity index (χ0) is 14.7. The zero-order valence-electron chi connectivity index (χ0n) is 12.1. The normalized spacial score (nSPS) is 23.4. The average Bonchev–Trinajstić information content (AvgIpc) is 2.55. The van der Waals surface area contributed by atoms with Crippen LogP contribution >= 0.6 is 0 Å². The van der Waals surface area contributed by atoms with Gasteiger partial charge in [-0.15, -0.1) is 0 Å². The van der Waals surface area contributed by atoms with Crippen molar-refractivity contribution in [3.63, 3.8) is 0 Å². The van der Waals surface area contributed by atoms with E-state index in [9.17, 15) is 5.11 Å². The van der Waals surface area contributed by atoms with Crippen LogP contribution in [0.3, 0.4) is 0 Å². The van der Waals surface area contributed by atoms with E-state index in [0.29, 0.717) is 25.1 Å². The van der Waals surface area contributed by atoms with E-state index < -0.39 is 0 Å². The molecule has 8 nitrogen and oxygen atoms in total. The van der Waals surface area contributed by atoms with Crippen LogP contribution in [0.15, 0.2) is 0 Å². The lowest BCUT2D eigenvalue weighted by Gasteiger charge is -2.33. The average molecular weight is 294 g/mol. The molecule has 1 atom stereocenters. The molecule has 1 aromatic rings. The van der Waals surface area contributed by atoms with Gasteiger partial charge in [0.2, 0.25) is 17.8 Å². The molecule has 116 valence electrons. The molecule has 2 saturated heterocycles. The fourth-order valence-electron chi connectivity index (χ4n) is 2.81. The summed E-state index contributed by atoms with van der Waals surface area (Å²) in [7, 11) is 0. The van der Waals surface area contributed by atoms with E-state index in [1.165, 1.54) is 0 Å². The quantitative estimate of drug-likeness (QED) is 0.769. The molecule has 0 spiro atoms. The molecular formula is C13H22N6O2. The first-order chi connectivity index (χ1) is 10.3. The number of aromatic nitrogens is 3. The van der Waals surface area contributed by atoms with Crippen LogP contribution in [0.5, 0.6) is 0 Å². The number of ether oxygens (including phenoxy) is 1. The van der Waals surface area contributed by atoms with Gasteiger partial charge in [0.15, 0.2) is 0 Å². The van der Waals surface area contributed by atoms with Gasteiger partial charge in [0, 0.05) is 32.8 Å². The maximum absolute atomic E-state index is 9.34. The fraction of sp³-hybridized carbons (Fsp3) is 0.769. The van der Waals surface area contributed by atoms with Crippen molar-refractivity contribution in [3.05, 3.63) is 0 Å². The Balaban J connectivity index is 1.80. The lowest BCUT2D eigenvalue weighted by Crippen LogP contribution is -2.40. The summed E-state index contributed by atoms with van der Waals surface area (Å²) in [5.74, 6) is 1.75. The second-order valence-electron chi connectivity index (χ2n) is 5.53. The molecule has 0 bridgehead atoms. The number of nitrogen functional groups attached to an aromatic ring is 1. The van der Waals surface area contributed by atoms with Crippen LogP contribution in [0, 0.1) is 5.92 Å². The maximum atomic E-state index is 9.34. The second-order valence-corrected chi connectivity index (χ2v) is 5.53. The molecule has 0 aliphatic carbocycles. The van der Waals surface area contributed by atoms with E-state index in [4.69, 9.17) is 10.5 Å². The number of aliphatic hydroxyl groups is 1. The highest BCUT2D eigenvalue weighted by molar-refractivity contribution is 5.44. The number of nitrogens with zero attached hydrogens (tertiary/aromatic N) is 5. The number of nitrogens with two attached hydrogens (primary N) is 1. The fourth-order valence-corrected chi connectivity index (χ4v) is 2.81. The Hall–Kier alpha value is -1.67. The lowest BCUT2D eigenvalue weighted by atomic mass is 9.99. The first-order valence-corrected chi connectivity index (χ1v) is 7.46. The van der Waals surface area contributed by atoms with Crippen molar-refractivity contribution in [1.82, 2.24) is 15.0 Å². The van der Waals surface area contributed by atoms with Crippen LogP contribution < -0.4 is 15.5 Å². The van der Waals surface area contributed by atoms with Gasteiger partial charge in [-0.05, 0) is 18.8 Å². The molecule has 1 unspecified atom stereocenters. The number of rotatable bonds is 3. The molecule has 2 aliphatic heterocycles. The van der Waals surface area contributed by atoms with E-state index in [1.54, 1.807) is 0 Å². The highest BCUT2D eigenvalue weighted by Crippen LogP contribution is 2.22. The Bertz CT molecular complexity index is 480. The van der Waals surface area contributed by atoms with Gasteiger partial charge in [0.05, 0.1) is 13.2 Å². The summed E-state index contributed by atoms with van der Waals surface area (Å²) in [5.41, 5.74) is 5.84. The van der Waals surface area contributed by atoms with Crippen molar-refractivity contribution >= 4 is 17.8 Å². The first kappa shape index (κ1) is 14.3. The van der Waals surface area contributed by atoms with E-state index in [-0.39, 0.29) is 18.5 Å². The van der Waals surface area contributed by atoms with Gasteiger partial charge in [-0.25, -0.2) is 0 Å². The number of piperidine rings is 1. The number of aliphatic hydroxyl groups excluding tert-OH is 1. The molecule has 0 aromatic carbocycles. The molecule has 3 heterocycles. The monoisotopic (exact) mass is 294 g/mol. The third-order valence-corrected chi connectivity index (χ3v) is 3.98. The van der Waals surface area contributed by atoms with Gasteiger partial charge in [0.25, 0.3) is 0 Å². The highest BCUT2D eigenvalue weighted by atomic mass is 16.5. The largest absolute Gasteiger partial charge is 0.396 e. The molecule has 0 radical (unpaired) electrons. The standard InChI is InChI=1S/C13H22N6O2/c14-11-15-12(18-4-6-21-7-5-18)17-13(16-11)19-3-1-2-10(8-19)9-20/h10,20H,1-9H2,(H2,14,15,16,17). The molecule has 3 rings (SSSR count). The van der Waals surface area contributed by atoms with Crippen LogP contribution in [0.25, 0.3) is 0 Å². The van der Waals surface area contributed by atoms with Gasteiger partial charge in [-0.1, -0.05) is 0 Å². The number of anilines is 3. The van der Waals surface area contributed by atoms with E-state index in [0.717, 1.165) is 39.0 Å². The summed E-state index contributed by atoms with van der Waals surface area (Å²) in [6, 6.07) is 0. The van der Waals surface area contributed by atoms with Crippen LogP contribution in [0.1, 0.15) is 12.8 Å². The van der Waals surface area contributed by atoms with Crippen molar-refractivity contribution in [2.75, 3.05) is 61.5 Å². The molecular weight excluding hydrogens is 272 g/mol. The summed E-state index contributed by atoms with van der Waals surface area (Å²) >= 11 is 0. The Morgan fingerprint density at radius 3 is 2.52 bits per heavy atom. The van der Waals surface area contributed by atoms with Crippen LogP contribution in [-0.4, -0.2) is 66.1 Å². The Morgan fingerprint density at radius 1 is 1.10 bits per heavy atom. The molecule has 21 heavy (non-hydrogen) atoms. The van der Waals surface area contributed by atoms with Crippen molar-refractivity contribution < 1.29 is 9.84 Å². The Kier molecular flexibility index (Phi) is 4.35. The third kappa shape index (κ3) is 3.33. The second kappa shape index (κ2) is 6.40. The van der Waals surface area contributed by atoms with E-state index in [2.05, 4.69) is 24.8 Å². The van der Waals surface area contributed by atoms with Crippen molar-refractivity contribution in [3.8, 4) is 0 Å². The number of morpholine rings is 1. The smallest absolute Gasteiger partial charge is 0.232 e. The van der Waals surface area contributed by atoms with Crippen LogP contribution in [0.4, 0.5) is 17.8 Å². The van der Waals surface area contributed by atoms with Crippen molar-refractivity contribution in [2.24, 2.45) is 5.92 Å². The van der Waals surface area contributed by atoms with Crippen LogP contribution in [-0.2, 0) is 4.74 Å². The maximum Gasteiger partial charge on any atom is 0.232 e. The SMILES string of the molecule is Nc1nc(N2CCOCC2)nc(N2CCCC(CO)C2)n1. The minimum atomic E-state index is 0.202. The predicted octanol–water partition coefficient (Wildman–Crippen LogP) is -0.501. The molecule has 0 saturated carbocycles. The number of hydrogen-bond donors (Lipinski definition) is 2. The minimum Gasteiger partial charge on any atom is -0.396 e. The van der Waals surface area contributed by atoms with Gasteiger partial charge in [0.1, 0.15) is 0 Å². The summed E-state index contributed by atoms with van der Waals surface area (Å²) in [4.78, 5) is 17.2. The third-order valence-electron chi connectivity index (χ3n) is 3.98.